The maximum atomic E-state index is 14.7. The summed E-state index contributed by atoms with van der Waals surface area (Å²) in [4.78, 5) is 27.6. The van der Waals surface area contributed by atoms with Crippen molar-refractivity contribution < 1.29 is 32.3 Å². The molecule has 1 fully saturated rings. The fourth-order valence-electron chi connectivity index (χ4n) is 3.59. The van der Waals surface area contributed by atoms with Crippen LogP contribution in [0.2, 0.25) is 5.02 Å². The third-order valence-electron chi connectivity index (χ3n) is 5.39. The summed E-state index contributed by atoms with van der Waals surface area (Å²) in [5.74, 6) is -3.29. The van der Waals surface area contributed by atoms with Crippen LogP contribution in [0, 0.1) is 11.7 Å². The quantitative estimate of drug-likeness (QED) is 0.441. The van der Waals surface area contributed by atoms with Crippen LogP contribution in [0.15, 0.2) is 54.7 Å². The van der Waals surface area contributed by atoms with Gasteiger partial charge in [-0.1, -0.05) is 29.8 Å². The number of benzene rings is 2. The summed E-state index contributed by atoms with van der Waals surface area (Å²) < 4.78 is 52.9. The van der Waals surface area contributed by atoms with Crippen molar-refractivity contribution in [2.45, 2.75) is 18.5 Å². The predicted octanol–water partition coefficient (Wildman–Crippen LogP) is 6.00. The number of nitrogens with zero attached hydrogens (tertiary/aromatic N) is 1. The number of aromatic nitrogens is 1. The third-order valence-corrected chi connectivity index (χ3v) is 5.64. The summed E-state index contributed by atoms with van der Waals surface area (Å²) in [5.41, 5.74) is -1.14. The molecule has 2 atom stereocenters. The topological polar surface area (TPSA) is 79.3 Å². The molecule has 5 nitrogen and oxygen atoms in total. The number of carboxylic acid groups (broad SMARTS) is 1. The molecule has 1 aliphatic rings. The van der Waals surface area contributed by atoms with E-state index in [0.29, 0.717) is 17.5 Å². The van der Waals surface area contributed by atoms with Gasteiger partial charge in [0.25, 0.3) is 0 Å². The maximum absolute atomic E-state index is 14.7. The van der Waals surface area contributed by atoms with Gasteiger partial charge in [-0.05, 0) is 48.2 Å². The number of nitrogens with one attached hydrogen (secondary N) is 1. The van der Waals surface area contributed by atoms with Crippen LogP contribution in [0.25, 0.3) is 11.1 Å². The normalized spacial score (nSPS) is 17.5. The number of aromatic carboxylic acids is 1. The van der Waals surface area contributed by atoms with E-state index in [2.05, 4.69) is 10.3 Å². The van der Waals surface area contributed by atoms with Crippen molar-refractivity contribution >= 4 is 29.2 Å². The Labute approximate surface area is 190 Å². The van der Waals surface area contributed by atoms with Crippen LogP contribution in [-0.2, 0) is 11.0 Å². The summed E-state index contributed by atoms with van der Waals surface area (Å²) in [6.07, 6.45) is -3.29. The first kappa shape index (κ1) is 22.7. The zero-order valence-electron chi connectivity index (χ0n) is 16.7. The Morgan fingerprint density at radius 3 is 2.36 bits per heavy atom. The Kier molecular flexibility index (Phi) is 5.84. The molecular formula is C23H15ClF4N2O3. The van der Waals surface area contributed by atoms with Crippen molar-refractivity contribution in [3.63, 3.8) is 0 Å². The van der Waals surface area contributed by atoms with Gasteiger partial charge < -0.3 is 10.4 Å². The number of carboxylic acids is 1. The van der Waals surface area contributed by atoms with Gasteiger partial charge in [-0.15, -0.1) is 0 Å². The number of amides is 1. The molecule has 0 bridgehead atoms. The van der Waals surface area contributed by atoms with E-state index in [0.717, 1.165) is 30.0 Å². The van der Waals surface area contributed by atoms with E-state index in [-0.39, 0.29) is 22.7 Å². The maximum Gasteiger partial charge on any atom is 0.433 e. The molecule has 33 heavy (non-hydrogen) atoms. The first-order chi connectivity index (χ1) is 15.5. The largest absolute Gasteiger partial charge is 0.478 e. The third kappa shape index (κ3) is 4.83. The van der Waals surface area contributed by atoms with Crippen molar-refractivity contribution in [2.24, 2.45) is 5.92 Å². The minimum absolute atomic E-state index is 0.0119. The van der Waals surface area contributed by atoms with Crippen molar-refractivity contribution in [1.82, 2.24) is 4.98 Å². The van der Waals surface area contributed by atoms with E-state index in [1.165, 1.54) is 0 Å². The van der Waals surface area contributed by atoms with Crippen LogP contribution in [-0.4, -0.2) is 22.0 Å². The number of alkyl halides is 3. The van der Waals surface area contributed by atoms with E-state index in [4.69, 9.17) is 11.6 Å². The van der Waals surface area contributed by atoms with Crippen LogP contribution >= 0.6 is 11.6 Å². The summed E-state index contributed by atoms with van der Waals surface area (Å²) in [6, 6.07) is 10.5. The van der Waals surface area contributed by atoms with Crippen LogP contribution in [0.5, 0.6) is 0 Å². The molecule has 0 radical (unpaired) electrons. The second-order valence-electron chi connectivity index (χ2n) is 7.60. The van der Waals surface area contributed by atoms with Gasteiger partial charge in [-0.25, -0.2) is 9.18 Å². The predicted molar refractivity (Wildman–Crippen MR) is 113 cm³/mol. The van der Waals surface area contributed by atoms with Crippen LogP contribution in [0.3, 0.4) is 0 Å². The van der Waals surface area contributed by atoms with Crippen LogP contribution in [0.1, 0.15) is 34.0 Å². The van der Waals surface area contributed by atoms with Gasteiger partial charge in [0.15, 0.2) is 0 Å². The smallest absolute Gasteiger partial charge is 0.433 e. The lowest BCUT2D eigenvalue weighted by Gasteiger charge is -2.13. The SMILES string of the molecule is O=C(O)c1cc(NC(=O)C2CC2c2ccc(Cl)cc2)c(F)cc1-c1ccc(C(F)(F)F)nc1. The van der Waals surface area contributed by atoms with Crippen molar-refractivity contribution in [3.05, 3.63) is 82.4 Å². The van der Waals surface area contributed by atoms with Gasteiger partial charge in [0.2, 0.25) is 5.91 Å². The minimum atomic E-state index is -4.67. The lowest BCUT2D eigenvalue weighted by molar-refractivity contribution is -0.141. The fourth-order valence-corrected chi connectivity index (χ4v) is 3.72. The van der Waals surface area contributed by atoms with Crippen molar-refractivity contribution in [2.75, 3.05) is 5.32 Å². The number of carbonyl (C=O) groups excluding carboxylic acids is 1. The molecule has 1 amide bonds. The van der Waals surface area contributed by atoms with Gasteiger partial charge in [0, 0.05) is 28.3 Å². The highest BCUT2D eigenvalue weighted by Crippen LogP contribution is 2.48. The Morgan fingerprint density at radius 1 is 1.09 bits per heavy atom. The molecule has 170 valence electrons. The number of halogens is 5. The zero-order chi connectivity index (χ0) is 23.9. The summed E-state index contributed by atoms with van der Waals surface area (Å²) in [5, 5.41) is 12.5. The first-order valence-corrected chi connectivity index (χ1v) is 10.1. The first-order valence-electron chi connectivity index (χ1n) is 9.71. The van der Waals surface area contributed by atoms with E-state index < -0.39 is 41.0 Å². The molecule has 1 aromatic heterocycles. The number of hydrogen-bond donors (Lipinski definition) is 2. The molecule has 1 aliphatic carbocycles. The van der Waals surface area contributed by atoms with Crippen molar-refractivity contribution in [1.29, 1.82) is 0 Å². The number of hydrogen-bond acceptors (Lipinski definition) is 3. The Morgan fingerprint density at radius 2 is 1.79 bits per heavy atom. The zero-order valence-corrected chi connectivity index (χ0v) is 17.4. The highest BCUT2D eigenvalue weighted by Gasteiger charge is 2.44. The molecule has 2 N–H and O–H groups in total. The minimum Gasteiger partial charge on any atom is -0.478 e. The average Bonchev–Trinajstić information content (AvgIpc) is 3.56. The molecule has 10 heteroatoms. The van der Waals surface area contributed by atoms with Gasteiger partial charge in [0.1, 0.15) is 11.5 Å². The number of rotatable bonds is 5. The lowest BCUT2D eigenvalue weighted by atomic mass is 9.99. The average molecular weight is 479 g/mol. The molecule has 0 saturated heterocycles. The van der Waals surface area contributed by atoms with E-state index in [1.54, 1.807) is 24.3 Å². The summed E-state index contributed by atoms with van der Waals surface area (Å²) >= 11 is 5.86. The molecule has 4 rings (SSSR count). The summed E-state index contributed by atoms with van der Waals surface area (Å²) in [6.45, 7) is 0. The Balaban J connectivity index is 1.57. The molecule has 2 unspecified atom stereocenters. The molecule has 0 aliphatic heterocycles. The lowest BCUT2D eigenvalue weighted by Crippen LogP contribution is -2.16. The second-order valence-corrected chi connectivity index (χ2v) is 8.04. The number of anilines is 1. The van der Waals surface area contributed by atoms with Gasteiger partial charge >= 0.3 is 12.1 Å². The molecule has 1 heterocycles. The number of carbonyl (C=O) groups is 2. The molecular weight excluding hydrogens is 464 g/mol. The Hall–Kier alpha value is -3.46. The van der Waals surface area contributed by atoms with Crippen LogP contribution in [0.4, 0.5) is 23.2 Å². The van der Waals surface area contributed by atoms with E-state index in [1.807, 2.05) is 0 Å². The van der Waals surface area contributed by atoms with Crippen molar-refractivity contribution in [3.8, 4) is 11.1 Å². The number of pyridine rings is 1. The Bertz CT molecular complexity index is 1230. The van der Waals surface area contributed by atoms with Gasteiger partial charge in [-0.2, -0.15) is 13.2 Å². The summed E-state index contributed by atoms with van der Waals surface area (Å²) in [7, 11) is 0. The van der Waals surface area contributed by atoms with Gasteiger partial charge in [0.05, 0.1) is 11.3 Å². The molecule has 2 aromatic carbocycles. The molecule has 0 spiro atoms. The highest BCUT2D eigenvalue weighted by molar-refractivity contribution is 6.30. The molecule has 3 aromatic rings. The van der Waals surface area contributed by atoms with E-state index in [9.17, 15) is 32.3 Å². The monoisotopic (exact) mass is 478 g/mol. The van der Waals surface area contributed by atoms with Crippen LogP contribution < -0.4 is 5.32 Å². The van der Waals surface area contributed by atoms with Gasteiger partial charge in [-0.3, -0.25) is 9.78 Å². The standard InChI is InChI=1S/C23H15ClF4N2O3/c24-13-4-1-11(2-5-13)14-7-16(14)21(31)30-19-9-17(22(32)33)15(8-18(19)25)12-3-6-20(29-10-12)23(26,27)28/h1-6,8-10,14,16H,7H2,(H,30,31)(H,32,33). The highest BCUT2D eigenvalue weighted by atomic mass is 35.5. The second kappa shape index (κ2) is 8.47. The fraction of sp³-hybridized carbons (Fsp3) is 0.174. The molecule has 1 saturated carbocycles. The van der Waals surface area contributed by atoms with E-state index >= 15 is 0 Å².